The van der Waals surface area contributed by atoms with Crippen LogP contribution in [-0.2, 0) is 13.0 Å². The average Bonchev–Trinajstić information content (AvgIpc) is 2.81. The highest BCUT2D eigenvalue weighted by molar-refractivity contribution is 6.29. The average molecular weight is 280 g/mol. The maximum Gasteiger partial charge on any atom is 0.134 e. The van der Waals surface area contributed by atoms with E-state index in [1.54, 1.807) is 18.6 Å². The Morgan fingerprint density at radius 1 is 1.42 bits per heavy atom. The minimum absolute atomic E-state index is 0.231. The molecule has 2 aromatic heterocycles. The number of anilines is 1. The molecule has 6 heteroatoms. The molecule has 1 unspecified atom stereocenters. The summed E-state index contributed by atoms with van der Waals surface area (Å²) < 4.78 is 2.02. The Morgan fingerprint density at radius 2 is 2.26 bits per heavy atom. The molecule has 2 heterocycles. The van der Waals surface area contributed by atoms with Gasteiger partial charge < -0.3 is 9.88 Å². The normalized spacial score (nSPS) is 12.4. The maximum absolute atomic E-state index is 6.01. The molecule has 2 rings (SSSR count). The van der Waals surface area contributed by atoms with Crippen LogP contribution in [0, 0.1) is 0 Å². The number of nitrogens with one attached hydrogen (secondary N) is 1. The fraction of sp³-hybridized carbons (Fsp3) is 0.462. The number of hydrogen-bond donors (Lipinski definition) is 1. The molecule has 1 N–H and O–H groups in total. The van der Waals surface area contributed by atoms with E-state index in [0.29, 0.717) is 5.15 Å². The third-order valence-corrected chi connectivity index (χ3v) is 2.85. The predicted molar refractivity (Wildman–Crippen MR) is 76.3 cm³/mol. The third kappa shape index (κ3) is 4.21. The van der Waals surface area contributed by atoms with Crippen LogP contribution in [0.5, 0.6) is 0 Å². The van der Waals surface area contributed by atoms with Crippen LogP contribution in [0.1, 0.15) is 26.1 Å². The summed E-state index contributed by atoms with van der Waals surface area (Å²) >= 11 is 6.01. The number of rotatable bonds is 6. The lowest BCUT2D eigenvalue weighted by Crippen LogP contribution is -2.22. The second kappa shape index (κ2) is 6.52. The number of halogens is 1. The molecule has 5 nitrogen and oxygen atoms in total. The molecule has 0 fully saturated rings. The smallest absolute Gasteiger partial charge is 0.134 e. The fourth-order valence-corrected chi connectivity index (χ4v) is 2.08. The second-order valence-electron chi connectivity index (χ2n) is 4.55. The van der Waals surface area contributed by atoms with E-state index in [9.17, 15) is 0 Å². The molecule has 19 heavy (non-hydrogen) atoms. The molecule has 0 aliphatic carbocycles. The van der Waals surface area contributed by atoms with E-state index in [1.165, 1.54) is 0 Å². The first-order chi connectivity index (χ1) is 9.17. The third-order valence-electron chi connectivity index (χ3n) is 2.65. The molecule has 0 aliphatic heterocycles. The molecule has 0 aromatic carbocycles. The standard InChI is InChI=1S/C13H18ClN5/c1-3-4-12-17-11(14)7-13(18-12)16-10(2)8-19-6-5-15-9-19/h5-7,9-10H,3-4,8H2,1-2H3,(H,16,17,18). The predicted octanol–water partition coefficient (Wildman–Crippen LogP) is 2.78. The van der Waals surface area contributed by atoms with Gasteiger partial charge in [0, 0.05) is 37.5 Å². The summed E-state index contributed by atoms with van der Waals surface area (Å²) in [7, 11) is 0. The van der Waals surface area contributed by atoms with Crippen LogP contribution < -0.4 is 5.32 Å². The molecule has 0 spiro atoms. The summed E-state index contributed by atoms with van der Waals surface area (Å²) in [5.74, 6) is 1.56. The van der Waals surface area contributed by atoms with E-state index in [0.717, 1.165) is 31.0 Å². The molecule has 2 aromatic rings. The summed E-state index contributed by atoms with van der Waals surface area (Å²) in [5.41, 5.74) is 0. The van der Waals surface area contributed by atoms with Crippen molar-refractivity contribution < 1.29 is 0 Å². The van der Waals surface area contributed by atoms with Crippen molar-refractivity contribution in [2.24, 2.45) is 0 Å². The van der Waals surface area contributed by atoms with Gasteiger partial charge in [-0.25, -0.2) is 15.0 Å². The lowest BCUT2D eigenvalue weighted by atomic mass is 10.3. The van der Waals surface area contributed by atoms with Crippen LogP contribution in [0.15, 0.2) is 24.8 Å². The van der Waals surface area contributed by atoms with Crippen LogP contribution in [-0.4, -0.2) is 25.6 Å². The van der Waals surface area contributed by atoms with E-state index in [1.807, 2.05) is 10.8 Å². The van der Waals surface area contributed by atoms with Crippen LogP contribution in [0.3, 0.4) is 0 Å². The van der Waals surface area contributed by atoms with Crippen molar-refractivity contribution in [2.75, 3.05) is 5.32 Å². The van der Waals surface area contributed by atoms with Gasteiger partial charge in [0.25, 0.3) is 0 Å². The first-order valence-corrected chi connectivity index (χ1v) is 6.81. The zero-order chi connectivity index (χ0) is 13.7. The van der Waals surface area contributed by atoms with Crippen molar-refractivity contribution in [1.29, 1.82) is 0 Å². The molecule has 1 atom stereocenters. The molecule has 0 radical (unpaired) electrons. The molecule has 0 amide bonds. The van der Waals surface area contributed by atoms with Gasteiger partial charge in [-0.2, -0.15) is 0 Å². The Hall–Kier alpha value is -1.62. The number of aryl methyl sites for hydroxylation is 1. The lowest BCUT2D eigenvalue weighted by molar-refractivity contribution is 0.616. The van der Waals surface area contributed by atoms with Gasteiger partial charge in [-0.05, 0) is 13.3 Å². The summed E-state index contributed by atoms with van der Waals surface area (Å²) in [4.78, 5) is 12.7. The first kappa shape index (κ1) is 13.8. The Kier molecular flexibility index (Phi) is 4.74. The zero-order valence-corrected chi connectivity index (χ0v) is 11.9. The Balaban J connectivity index is 2.01. The van der Waals surface area contributed by atoms with Gasteiger partial charge >= 0.3 is 0 Å². The molecule has 0 saturated heterocycles. The summed E-state index contributed by atoms with van der Waals surface area (Å²) in [6.07, 6.45) is 7.35. The van der Waals surface area contributed by atoms with Crippen LogP contribution >= 0.6 is 11.6 Å². The number of aromatic nitrogens is 4. The van der Waals surface area contributed by atoms with E-state index < -0.39 is 0 Å². The van der Waals surface area contributed by atoms with Gasteiger partial charge in [-0.15, -0.1) is 0 Å². The van der Waals surface area contributed by atoms with Crippen molar-refractivity contribution >= 4 is 17.4 Å². The van der Waals surface area contributed by atoms with Crippen molar-refractivity contribution in [3.05, 3.63) is 35.8 Å². The Morgan fingerprint density at radius 3 is 2.95 bits per heavy atom. The molecule has 0 aliphatic rings. The molecule has 0 saturated carbocycles. The van der Waals surface area contributed by atoms with Gasteiger partial charge in [-0.3, -0.25) is 0 Å². The van der Waals surface area contributed by atoms with Crippen molar-refractivity contribution in [3.8, 4) is 0 Å². The van der Waals surface area contributed by atoms with Gasteiger partial charge in [0.2, 0.25) is 0 Å². The van der Waals surface area contributed by atoms with Gasteiger partial charge in [0.15, 0.2) is 0 Å². The minimum atomic E-state index is 0.231. The largest absolute Gasteiger partial charge is 0.366 e. The molecule has 0 bridgehead atoms. The van der Waals surface area contributed by atoms with E-state index >= 15 is 0 Å². The second-order valence-corrected chi connectivity index (χ2v) is 4.93. The number of nitrogens with zero attached hydrogens (tertiary/aromatic N) is 4. The summed E-state index contributed by atoms with van der Waals surface area (Å²) in [6, 6.07) is 1.99. The SMILES string of the molecule is CCCc1nc(Cl)cc(NC(C)Cn2ccnc2)n1. The topological polar surface area (TPSA) is 55.6 Å². The Labute approximate surface area is 118 Å². The number of hydrogen-bond acceptors (Lipinski definition) is 4. The quantitative estimate of drug-likeness (QED) is 0.826. The summed E-state index contributed by atoms with van der Waals surface area (Å²) in [5, 5.41) is 3.82. The maximum atomic E-state index is 6.01. The van der Waals surface area contributed by atoms with Crippen LogP contribution in [0.2, 0.25) is 5.15 Å². The van der Waals surface area contributed by atoms with Gasteiger partial charge in [0.05, 0.1) is 6.33 Å². The minimum Gasteiger partial charge on any atom is -0.366 e. The monoisotopic (exact) mass is 279 g/mol. The van der Waals surface area contributed by atoms with Crippen molar-refractivity contribution in [3.63, 3.8) is 0 Å². The highest BCUT2D eigenvalue weighted by atomic mass is 35.5. The molecular weight excluding hydrogens is 262 g/mol. The van der Waals surface area contributed by atoms with Crippen LogP contribution in [0.25, 0.3) is 0 Å². The van der Waals surface area contributed by atoms with E-state index in [4.69, 9.17) is 11.6 Å². The van der Waals surface area contributed by atoms with Crippen LogP contribution in [0.4, 0.5) is 5.82 Å². The molecular formula is C13H18ClN5. The highest BCUT2D eigenvalue weighted by Crippen LogP contribution is 2.13. The molecule has 102 valence electrons. The summed E-state index contributed by atoms with van der Waals surface area (Å²) in [6.45, 7) is 5.01. The van der Waals surface area contributed by atoms with E-state index in [-0.39, 0.29) is 6.04 Å². The highest BCUT2D eigenvalue weighted by Gasteiger charge is 2.07. The Bertz CT molecular complexity index is 512. The zero-order valence-electron chi connectivity index (χ0n) is 11.2. The van der Waals surface area contributed by atoms with E-state index in [2.05, 4.69) is 34.1 Å². The van der Waals surface area contributed by atoms with Gasteiger partial charge in [0.1, 0.15) is 16.8 Å². The van der Waals surface area contributed by atoms with Gasteiger partial charge in [-0.1, -0.05) is 18.5 Å². The van der Waals surface area contributed by atoms with Crippen molar-refractivity contribution in [2.45, 2.75) is 39.3 Å². The first-order valence-electron chi connectivity index (χ1n) is 6.43. The number of imidazole rings is 1. The fourth-order valence-electron chi connectivity index (χ4n) is 1.88. The lowest BCUT2D eigenvalue weighted by Gasteiger charge is -2.15. The van der Waals surface area contributed by atoms with Crippen molar-refractivity contribution in [1.82, 2.24) is 19.5 Å².